The molecule has 2 aromatic rings. The summed E-state index contributed by atoms with van der Waals surface area (Å²) in [5.41, 5.74) is 1.35. The van der Waals surface area contributed by atoms with Crippen molar-refractivity contribution in [2.75, 3.05) is 20.1 Å². The quantitative estimate of drug-likeness (QED) is 0.783. The van der Waals surface area contributed by atoms with E-state index < -0.39 is 0 Å². The molecule has 0 fully saturated rings. The third-order valence-electron chi connectivity index (χ3n) is 4.08. The summed E-state index contributed by atoms with van der Waals surface area (Å²) >= 11 is 0. The molecule has 0 radical (unpaired) electrons. The molecule has 1 aromatic carbocycles. The molecule has 0 aliphatic heterocycles. The van der Waals surface area contributed by atoms with Crippen LogP contribution in [0.3, 0.4) is 0 Å². The monoisotopic (exact) mass is 358 g/mol. The zero-order valence-electron chi connectivity index (χ0n) is 15.8. The molecule has 0 aliphatic carbocycles. The minimum atomic E-state index is -0.0873. The molecular formula is C19H26N4O3. The minimum Gasteiger partial charge on any atom is -0.352 e. The molecule has 0 saturated carbocycles. The third-order valence-corrected chi connectivity index (χ3v) is 4.08. The summed E-state index contributed by atoms with van der Waals surface area (Å²) in [6.07, 6.45) is 1.48. The molecule has 0 saturated heterocycles. The van der Waals surface area contributed by atoms with Gasteiger partial charge < -0.3 is 14.7 Å². The van der Waals surface area contributed by atoms with Gasteiger partial charge in [-0.25, -0.2) is 0 Å². The van der Waals surface area contributed by atoms with Gasteiger partial charge in [-0.15, -0.1) is 0 Å². The van der Waals surface area contributed by atoms with Crippen LogP contribution in [-0.2, 0) is 11.2 Å². The molecule has 7 heteroatoms. The van der Waals surface area contributed by atoms with E-state index in [1.54, 1.807) is 36.2 Å². The summed E-state index contributed by atoms with van der Waals surface area (Å²) in [5, 5.41) is 6.84. The van der Waals surface area contributed by atoms with E-state index in [1.165, 1.54) is 6.92 Å². The number of carbonyl (C=O) groups is 2. The van der Waals surface area contributed by atoms with Crippen molar-refractivity contribution in [3.05, 3.63) is 35.7 Å². The van der Waals surface area contributed by atoms with Gasteiger partial charge in [-0.05, 0) is 36.6 Å². The standard InChI is InChI=1S/C19H26N4O3/c1-13(2)9-11-20-18(25)15-5-7-16(8-6-15)19-21-17(22-26-19)10-12-23(4)14(3)24/h5-8,13H,9-12H2,1-4H3,(H,20,25). The van der Waals surface area contributed by atoms with Crippen LogP contribution in [0.15, 0.2) is 28.8 Å². The Kier molecular flexibility index (Phi) is 6.89. The molecule has 0 bridgehead atoms. The molecule has 7 nitrogen and oxygen atoms in total. The van der Waals surface area contributed by atoms with Crippen LogP contribution in [0.25, 0.3) is 11.5 Å². The molecular weight excluding hydrogens is 332 g/mol. The lowest BCUT2D eigenvalue weighted by molar-refractivity contribution is -0.127. The Balaban J connectivity index is 1.94. The Bertz CT molecular complexity index is 737. The van der Waals surface area contributed by atoms with Gasteiger partial charge in [0.2, 0.25) is 5.91 Å². The second-order valence-corrected chi connectivity index (χ2v) is 6.72. The Morgan fingerprint density at radius 1 is 1.23 bits per heavy atom. The van der Waals surface area contributed by atoms with Gasteiger partial charge in [0.05, 0.1) is 0 Å². The SMILES string of the molecule is CC(=O)N(C)CCc1noc(-c2ccc(C(=O)NCCC(C)C)cc2)n1. The van der Waals surface area contributed by atoms with Gasteiger partial charge in [0.25, 0.3) is 11.8 Å². The predicted octanol–water partition coefficient (Wildman–Crippen LogP) is 2.53. The van der Waals surface area contributed by atoms with Crippen molar-refractivity contribution in [2.24, 2.45) is 5.92 Å². The molecule has 2 rings (SSSR count). The number of amides is 2. The van der Waals surface area contributed by atoms with Crippen LogP contribution >= 0.6 is 0 Å². The molecule has 0 atom stereocenters. The van der Waals surface area contributed by atoms with E-state index in [-0.39, 0.29) is 11.8 Å². The zero-order chi connectivity index (χ0) is 19.1. The Morgan fingerprint density at radius 3 is 2.54 bits per heavy atom. The fourth-order valence-corrected chi connectivity index (χ4v) is 2.24. The van der Waals surface area contributed by atoms with Crippen molar-refractivity contribution in [2.45, 2.75) is 33.6 Å². The lowest BCUT2D eigenvalue weighted by Crippen LogP contribution is -2.26. The number of aromatic nitrogens is 2. The van der Waals surface area contributed by atoms with Crippen LogP contribution in [0.5, 0.6) is 0 Å². The topological polar surface area (TPSA) is 88.3 Å². The number of nitrogens with zero attached hydrogens (tertiary/aromatic N) is 3. The molecule has 0 aliphatic rings. The highest BCUT2D eigenvalue weighted by Crippen LogP contribution is 2.18. The molecule has 26 heavy (non-hydrogen) atoms. The molecule has 1 N–H and O–H groups in total. The van der Waals surface area contributed by atoms with Gasteiger partial charge in [0.1, 0.15) is 0 Å². The first-order valence-electron chi connectivity index (χ1n) is 8.79. The van der Waals surface area contributed by atoms with Gasteiger partial charge in [-0.1, -0.05) is 19.0 Å². The average Bonchev–Trinajstić information content (AvgIpc) is 3.08. The van der Waals surface area contributed by atoms with Gasteiger partial charge in [0, 0.05) is 44.6 Å². The first-order valence-corrected chi connectivity index (χ1v) is 8.79. The summed E-state index contributed by atoms with van der Waals surface area (Å²) in [6, 6.07) is 7.06. The van der Waals surface area contributed by atoms with E-state index in [1.807, 2.05) is 0 Å². The molecule has 2 amide bonds. The van der Waals surface area contributed by atoms with Crippen molar-refractivity contribution in [1.29, 1.82) is 0 Å². The zero-order valence-corrected chi connectivity index (χ0v) is 15.8. The van der Waals surface area contributed by atoms with Crippen molar-refractivity contribution in [3.8, 4) is 11.5 Å². The molecule has 0 unspecified atom stereocenters. The van der Waals surface area contributed by atoms with E-state index in [9.17, 15) is 9.59 Å². The van der Waals surface area contributed by atoms with E-state index in [2.05, 4.69) is 29.3 Å². The van der Waals surface area contributed by atoms with E-state index in [4.69, 9.17) is 4.52 Å². The number of benzene rings is 1. The third kappa shape index (κ3) is 5.68. The van der Waals surface area contributed by atoms with Crippen LogP contribution in [0.2, 0.25) is 0 Å². The average molecular weight is 358 g/mol. The maximum absolute atomic E-state index is 12.1. The summed E-state index contributed by atoms with van der Waals surface area (Å²) in [5.74, 6) is 1.41. The summed E-state index contributed by atoms with van der Waals surface area (Å²) < 4.78 is 5.27. The summed E-state index contributed by atoms with van der Waals surface area (Å²) in [6.45, 7) is 6.96. The van der Waals surface area contributed by atoms with Gasteiger partial charge in [0.15, 0.2) is 5.82 Å². The number of carbonyl (C=O) groups excluding carboxylic acids is 2. The van der Waals surface area contributed by atoms with E-state index in [0.29, 0.717) is 42.7 Å². The Labute approximate surface area is 153 Å². The van der Waals surface area contributed by atoms with E-state index >= 15 is 0 Å². The lowest BCUT2D eigenvalue weighted by Gasteiger charge is -2.12. The summed E-state index contributed by atoms with van der Waals surface area (Å²) in [7, 11) is 1.73. The number of nitrogens with one attached hydrogen (secondary N) is 1. The molecule has 1 heterocycles. The first-order chi connectivity index (χ1) is 12.4. The van der Waals surface area contributed by atoms with Crippen LogP contribution < -0.4 is 5.32 Å². The number of rotatable bonds is 8. The van der Waals surface area contributed by atoms with Gasteiger partial charge in [-0.3, -0.25) is 9.59 Å². The van der Waals surface area contributed by atoms with Crippen molar-refractivity contribution >= 4 is 11.8 Å². The van der Waals surface area contributed by atoms with Crippen LogP contribution in [0, 0.1) is 5.92 Å². The first kappa shape index (κ1) is 19.6. The van der Waals surface area contributed by atoms with Crippen molar-refractivity contribution in [3.63, 3.8) is 0 Å². The van der Waals surface area contributed by atoms with Gasteiger partial charge in [-0.2, -0.15) is 4.98 Å². The van der Waals surface area contributed by atoms with Crippen molar-refractivity contribution in [1.82, 2.24) is 20.4 Å². The lowest BCUT2D eigenvalue weighted by atomic mass is 10.1. The van der Waals surface area contributed by atoms with Crippen LogP contribution in [-0.4, -0.2) is 47.0 Å². The van der Waals surface area contributed by atoms with Crippen LogP contribution in [0.4, 0.5) is 0 Å². The molecule has 0 spiro atoms. The van der Waals surface area contributed by atoms with Crippen LogP contribution in [0.1, 0.15) is 43.4 Å². The molecule has 1 aromatic heterocycles. The Morgan fingerprint density at radius 2 is 1.92 bits per heavy atom. The number of likely N-dealkylation sites (N-methyl/N-ethyl adjacent to an activating group) is 1. The minimum absolute atomic E-state index is 0.00372. The second-order valence-electron chi connectivity index (χ2n) is 6.72. The highest BCUT2D eigenvalue weighted by molar-refractivity contribution is 5.94. The van der Waals surface area contributed by atoms with Crippen molar-refractivity contribution < 1.29 is 14.1 Å². The second kappa shape index (κ2) is 9.12. The highest BCUT2D eigenvalue weighted by atomic mass is 16.5. The molecule has 140 valence electrons. The fourth-order valence-electron chi connectivity index (χ4n) is 2.24. The summed E-state index contributed by atoms with van der Waals surface area (Å²) in [4.78, 5) is 29.2. The fraction of sp³-hybridized carbons (Fsp3) is 0.474. The largest absolute Gasteiger partial charge is 0.352 e. The predicted molar refractivity (Wildman–Crippen MR) is 98.5 cm³/mol. The smallest absolute Gasteiger partial charge is 0.257 e. The Hall–Kier alpha value is -2.70. The highest BCUT2D eigenvalue weighted by Gasteiger charge is 2.12. The normalized spacial score (nSPS) is 10.8. The van der Waals surface area contributed by atoms with E-state index in [0.717, 1.165) is 12.0 Å². The number of hydrogen-bond donors (Lipinski definition) is 1. The maximum atomic E-state index is 12.1. The number of hydrogen-bond acceptors (Lipinski definition) is 5. The van der Waals surface area contributed by atoms with Gasteiger partial charge >= 0.3 is 0 Å². The maximum Gasteiger partial charge on any atom is 0.257 e.